The van der Waals surface area contributed by atoms with Crippen molar-refractivity contribution >= 4 is 0 Å². The molecule has 0 amide bonds. The van der Waals surface area contributed by atoms with E-state index in [0.29, 0.717) is 12.6 Å². The molecule has 2 aliphatic heterocycles. The second-order valence-corrected chi connectivity index (χ2v) is 5.78. The van der Waals surface area contributed by atoms with E-state index >= 15 is 0 Å². The molecule has 0 radical (unpaired) electrons. The first-order chi connectivity index (χ1) is 9.33. The zero-order chi connectivity index (χ0) is 13.1. The maximum Gasteiger partial charge on any atom is 0.0929 e. The molecule has 2 fully saturated rings. The van der Waals surface area contributed by atoms with E-state index in [4.69, 9.17) is 4.74 Å². The van der Waals surface area contributed by atoms with Crippen molar-refractivity contribution in [2.45, 2.75) is 50.5 Å². The lowest BCUT2D eigenvalue weighted by atomic mass is 9.90. The summed E-state index contributed by atoms with van der Waals surface area (Å²) in [6.45, 7) is 2.53. The van der Waals surface area contributed by atoms with Crippen molar-refractivity contribution in [1.82, 2.24) is 4.90 Å². The summed E-state index contributed by atoms with van der Waals surface area (Å²) in [5.74, 6) is 0. The van der Waals surface area contributed by atoms with Crippen LogP contribution in [0.1, 0.15) is 31.2 Å². The molecule has 3 nitrogen and oxygen atoms in total. The smallest absolute Gasteiger partial charge is 0.0929 e. The van der Waals surface area contributed by atoms with Gasteiger partial charge in [-0.15, -0.1) is 0 Å². The van der Waals surface area contributed by atoms with Crippen molar-refractivity contribution in [2.24, 2.45) is 0 Å². The Labute approximate surface area is 115 Å². The van der Waals surface area contributed by atoms with E-state index in [1.807, 2.05) is 18.2 Å². The van der Waals surface area contributed by atoms with E-state index in [1.54, 1.807) is 0 Å². The molecular weight excluding hydrogens is 238 g/mol. The summed E-state index contributed by atoms with van der Waals surface area (Å²) < 4.78 is 5.95. The molecule has 2 saturated heterocycles. The molecule has 0 aliphatic carbocycles. The molecule has 0 unspecified atom stereocenters. The molecule has 1 aromatic rings. The van der Waals surface area contributed by atoms with Crippen LogP contribution in [0.3, 0.4) is 0 Å². The van der Waals surface area contributed by atoms with Gasteiger partial charge in [0.05, 0.1) is 18.8 Å². The number of nitrogens with zero attached hydrogens (tertiary/aromatic N) is 1. The van der Waals surface area contributed by atoms with Gasteiger partial charge in [-0.3, -0.25) is 4.90 Å². The summed E-state index contributed by atoms with van der Waals surface area (Å²) >= 11 is 0. The van der Waals surface area contributed by atoms with Crippen LogP contribution in [0.2, 0.25) is 0 Å². The van der Waals surface area contributed by atoms with Gasteiger partial charge in [0.1, 0.15) is 0 Å². The Bertz CT molecular complexity index is 395. The second-order valence-electron chi connectivity index (χ2n) is 5.78. The molecule has 19 heavy (non-hydrogen) atoms. The molecule has 2 heterocycles. The Kier molecular flexibility index (Phi) is 4.16. The van der Waals surface area contributed by atoms with E-state index in [9.17, 15) is 5.11 Å². The van der Waals surface area contributed by atoms with Gasteiger partial charge < -0.3 is 9.84 Å². The summed E-state index contributed by atoms with van der Waals surface area (Å²) in [5.41, 5.74) is 1.18. The highest BCUT2D eigenvalue weighted by molar-refractivity contribution is 5.13. The fourth-order valence-electron chi connectivity index (χ4n) is 3.31. The fraction of sp³-hybridized carbons (Fsp3) is 0.625. The minimum absolute atomic E-state index is 0.000411. The fourth-order valence-corrected chi connectivity index (χ4v) is 3.31. The van der Waals surface area contributed by atoms with Crippen LogP contribution in [-0.2, 0) is 11.3 Å². The van der Waals surface area contributed by atoms with Crippen molar-refractivity contribution < 1.29 is 9.84 Å². The number of hydrogen-bond acceptors (Lipinski definition) is 3. The van der Waals surface area contributed by atoms with Gasteiger partial charge in [-0.25, -0.2) is 0 Å². The number of hydrogen-bond donors (Lipinski definition) is 1. The highest BCUT2D eigenvalue weighted by Gasteiger charge is 2.36. The number of benzene rings is 1. The van der Waals surface area contributed by atoms with Gasteiger partial charge in [-0.2, -0.15) is 0 Å². The highest BCUT2D eigenvalue weighted by atomic mass is 16.5. The van der Waals surface area contributed by atoms with E-state index in [0.717, 1.165) is 19.5 Å². The molecule has 3 atom stereocenters. The van der Waals surface area contributed by atoms with E-state index < -0.39 is 0 Å². The molecule has 3 rings (SSSR count). The summed E-state index contributed by atoms with van der Waals surface area (Å²) in [5, 5.41) is 10.2. The number of ether oxygens (including phenoxy) is 1. The van der Waals surface area contributed by atoms with Gasteiger partial charge in [0.15, 0.2) is 0 Å². The quantitative estimate of drug-likeness (QED) is 0.905. The predicted octanol–water partition coefficient (Wildman–Crippen LogP) is 2.19. The van der Waals surface area contributed by atoms with E-state index in [2.05, 4.69) is 17.0 Å². The van der Waals surface area contributed by atoms with Crippen molar-refractivity contribution in [3.63, 3.8) is 0 Å². The summed E-state index contributed by atoms with van der Waals surface area (Å²) in [6.07, 6.45) is 4.51. The Morgan fingerprint density at radius 2 is 2.05 bits per heavy atom. The van der Waals surface area contributed by atoms with Crippen molar-refractivity contribution in [1.29, 1.82) is 0 Å². The van der Waals surface area contributed by atoms with E-state index in [-0.39, 0.29) is 12.2 Å². The third-order valence-corrected chi connectivity index (χ3v) is 4.41. The van der Waals surface area contributed by atoms with Gasteiger partial charge in [0.2, 0.25) is 0 Å². The molecule has 3 heteroatoms. The number of rotatable bonds is 3. The Balaban J connectivity index is 1.55. The maximum atomic E-state index is 10.2. The van der Waals surface area contributed by atoms with Crippen molar-refractivity contribution in [2.75, 3.05) is 13.1 Å². The monoisotopic (exact) mass is 261 g/mol. The number of aliphatic hydroxyl groups is 1. The van der Waals surface area contributed by atoms with Gasteiger partial charge >= 0.3 is 0 Å². The molecule has 0 aromatic heterocycles. The topological polar surface area (TPSA) is 32.7 Å². The third-order valence-electron chi connectivity index (χ3n) is 4.41. The minimum Gasteiger partial charge on any atom is -0.389 e. The second kappa shape index (κ2) is 6.04. The van der Waals surface area contributed by atoms with Gasteiger partial charge in [0.25, 0.3) is 0 Å². The molecular formula is C16H23NO2. The molecule has 1 N–H and O–H groups in total. The number of fused-ring (bicyclic) bond motifs is 1. The maximum absolute atomic E-state index is 10.2. The first-order valence-electron chi connectivity index (χ1n) is 7.40. The predicted molar refractivity (Wildman–Crippen MR) is 74.9 cm³/mol. The standard InChI is InChI=1S/C16H23NO2/c18-15-11-17-9-5-4-8-14(17)10-16(15)19-12-13-6-2-1-3-7-13/h1-3,6-7,14-16,18H,4-5,8-12H2/t14-,15+,16+/m0/s1. The van der Waals surface area contributed by atoms with Crippen LogP contribution >= 0.6 is 0 Å². The lowest BCUT2D eigenvalue weighted by Gasteiger charge is -2.44. The summed E-state index contributed by atoms with van der Waals surface area (Å²) in [4.78, 5) is 2.44. The number of piperidine rings is 2. The number of aliphatic hydroxyl groups excluding tert-OH is 1. The molecule has 0 saturated carbocycles. The lowest BCUT2D eigenvalue weighted by Crippen LogP contribution is -2.54. The molecule has 0 spiro atoms. The largest absolute Gasteiger partial charge is 0.389 e. The third kappa shape index (κ3) is 3.16. The normalized spacial score (nSPS) is 31.9. The molecule has 2 aliphatic rings. The Hall–Kier alpha value is -0.900. The summed E-state index contributed by atoms with van der Waals surface area (Å²) in [6, 6.07) is 10.8. The SMILES string of the molecule is O[C@@H]1CN2CCCC[C@H]2C[C@H]1OCc1ccccc1. The minimum atomic E-state index is -0.335. The average molecular weight is 261 g/mol. The van der Waals surface area contributed by atoms with Crippen LogP contribution in [-0.4, -0.2) is 41.3 Å². The Morgan fingerprint density at radius 1 is 1.21 bits per heavy atom. The van der Waals surface area contributed by atoms with Gasteiger partial charge in [-0.05, 0) is 31.4 Å². The van der Waals surface area contributed by atoms with Gasteiger partial charge in [-0.1, -0.05) is 36.8 Å². The molecule has 104 valence electrons. The van der Waals surface area contributed by atoms with Crippen LogP contribution in [0.15, 0.2) is 30.3 Å². The van der Waals surface area contributed by atoms with Crippen molar-refractivity contribution in [3.8, 4) is 0 Å². The van der Waals surface area contributed by atoms with Gasteiger partial charge in [0, 0.05) is 12.6 Å². The Morgan fingerprint density at radius 3 is 2.89 bits per heavy atom. The first-order valence-corrected chi connectivity index (χ1v) is 7.40. The van der Waals surface area contributed by atoms with Crippen LogP contribution in [0.4, 0.5) is 0 Å². The van der Waals surface area contributed by atoms with E-state index in [1.165, 1.54) is 24.8 Å². The van der Waals surface area contributed by atoms with Crippen LogP contribution < -0.4 is 0 Å². The zero-order valence-electron chi connectivity index (χ0n) is 11.4. The van der Waals surface area contributed by atoms with Crippen molar-refractivity contribution in [3.05, 3.63) is 35.9 Å². The average Bonchev–Trinajstić information content (AvgIpc) is 2.46. The zero-order valence-corrected chi connectivity index (χ0v) is 11.4. The summed E-state index contributed by atoms with van der Waals surface area (Å²) in [7, 11) is 0. The molecule has 0 bridgehead atoms. The first kappa shape index (κ1) is 13.1. The van der Waals surface area contributed by atoms with Crippen LogP contribution in [0.5, 0.6) is 0 Å². The highest BCUT2D eigenvalue weighted by Crippen LogP contribution is 2.28. The lowest BCUT2D eigenvalue weighted by molar-refractivity contribution is -0.107. The van der Waals surface area contributed by atoms with Crippen LogP contribution in [0, 0.1) is 0 Å². The molecule has 1 aromatic carbocycles. The van der Waals surface area contributed by atoms with Crippen LogP contribution in [0.25, 0.3) is 0 Å².